The molecule has 1 saturated heterocycles. The summed E-state index contributed by atoms with van der Waals surface area (Å²) in [4.78, 5) is 22.1. The average Bonchev–Trinajstić information content (AvgIpc) is 2.74. The van der Waals surface area contributed by atoms with E-state index in [4.69, 9.17) is 4.74 Å². The molecule has 2 aromatic rings. The van der Waals surface area contributed by atoms with Crippen molar-refractivity contribution in [2.75, 3.05) is 39.8 Å². The molecule has 1 N–H and O–H groups in total. The van der Waals surface area contributed by atoms with E-state index >= 15 is 0 Å². The van der Waals surface area contributed by atoms with E-state index in [-0.39, 0.29) is 10.5 Å². The van der Waals surface area contributed by atoms with Crippen LogP contribution < -0.4 is 10.3 Å². The summed E-state index contributed by atoms with van der Waals surface area (Å²) in [6.45, 7) is 8.41. The predicted molar refractivity (Wildman–Crippen MR) is 116 cm³/mol. The summed E-state index contributed by atoms with van der Waals surface area (Å²) in [5.74, 6) is 0.826. The van der Waals surface area contributed by atoms with Crippen molar-refractivity contribution >= 4 is 10.0 Å². The van der Waals surface area contributed by atoms with Gasteiger partial charge >= 0.3 is 0 Å². The molecule has 30 heavy (non-hydrogen) atoms. The molecule has 1 aliphatic rings. The number of likely N-dealkylation sites (N-methyl/N-ethyl adjacent to an activating group) is 1. The van der Waals surface area contributed by atoms with Crippen molar-refractivity contribution in [3.63, 3.8) is 0 Å². The highest BCUT2D eigenvalue weighted by atomic mass is 32.2. The van der Waals surface area contributed by atoms with Crippen LogP contribution in [0.5, 0.6) is 5.75 Å². The Morgan fingerprint density at radius 1 is 1.17 bits per heavy atom. The Bertz CT molecular complexity index is 1060. The Labute approximate surface area is 177 Å². The second kappa shape index (κ2) is 9.28. The van der Waals surface area contributed by atoms with Gasteiger partial charge in [0, 0.05) is 31.7 Å². The second-order valence-corrected chi connectivity index (χ2v) is 9.49. The van der Waals surface area contributed by atoms with E-state index in [0.29, 0.717) is 67.6 Å². The summed E-state index contributed by atoms with van der Waals surface area (Å²) >= 11 is 0. The molecule has 164 valence electrons. The monoisotopic (exact) mass is 434 g/mol. The summed E-state index contributed by atoms with van der Waals surface area (Å²) in [5.41, 5.74) is 1.50. The minimum atomic E-state index is -3.66. The van der Waals surface area contributed by atoms with Crippen molar-refractivity contribution in [2.24, 2.45) is 0 Å². The minimum Gasteiger partial charge on any atom is -0.493 e. The SMILES string of the molecule is CCCOc1ccc(S(=O)(=O)N2CCN(C)CC2)cc1-c1nc(CC)c(C)c(=O)[nH]1. The highest BCUT2D eigenvalue weighted by molar-refractivity contribution is 7.89. The molecule has 9 heteroatoms. The Kier molecular flexibility index (Phi) is 6.95. The standard InChI is InChI=1S/C21H30N4O4S/c1-5-13-29-19-8-7-16(30(27,28)25-11-9-24(4)10-12-25)14-17(19)20-22-18(6-2)15(3)21(26)23-20/h7-8,14H,5-6,9-13H2,1-4H3,(H,22,23,26). The van der Waals surface area contributed by atoms with Gasteiger partial charge in [-0.05, 0) is 45.0 Å². The van der Waals surface area contributed by atoms with Gasteiger partial charge in [0.2, 0.25) is 10.0 Å². The van der Waals surface area contributed by atoms with E-state index in [0.717, 1.165) is 6.42 Å². The summed E-state index contributed by atoms with van der Waals surface area (Å²) in [7, 11) is -1.68. The molecule has 1 fully saturated rings. The highest BCUT2D eigenvalue weighted by Crippen LogP contribution is 2.32. The highest BCUT2D eigenvalue weighted by Gasteiger charge is 2.28. The van der Waals surface area contributed by atoms with Gasteiger partial charge in [-0.2, -0.15) is 4.31 Å². The molecule has 0 amide bonds. The van der Waals surface area contributed by atoms with Crippen molar-refractivity contribution in [1.29, 1.82) is 0 Å². The minimum absolute atomic E-state index is 0.173. The van der Waals surface area contributed by atoms with E-state index < -0.39 is 10.0 Å². The molecule has 0 unspecified atom stereocenters. The molecule has 3 rings (SSSR count). The first-order valence-electron chi connectivity index (χ1n) is 10.3. The quantitative estimate of drug-likeness (QED) is 0.716. The number of rotatable bonds is 7. The maximum atomic E-state index is 13.2. The third-order valence-corrected chi connectivity index (χ3v) is 7.25. The summed E-state index contributed by atoms with van der Waals surface area (Å²) < 4.78 is 33.8. The number of nitrogens with zero attached hydrogens (tertiary/aromatic N) is 3. The van der Waals surface area contributed by atoms with Crippen molar-refractivity contribution in [1.82, 2.24) is 19.2 Å². The molecule has 1 aromatic carbocycles. The van der Waals surface area contributed by atoms with E-state index in [9.17, 15) is 13.2 Å². The summed E-state index contributed by atoms with van der Waals surface area (Å²) in [6.07, 6.45) is 1.41. The topological polar surface area (TPSA) is 95.6 Å². The first-order chi connectivity index (χ1) is 14.3. The predicted octanol–water partition coefficient (Wildman–Crippen LogP) is 2.03. The zero-order chi connectivity index (χ0) is 21.9. The van der Waals surface area contributed by atoms with Crippen LogP contribution in [0.3, 0.4) is 0 Å². The van der Waals surface area contributed by atoms with E-state index in [1.54, 1.807) is 25.1 Å². The van der Waals surface area contributed by atoms with Crippen molar-refractivity contribution in [3.05, 3.63) is 39.8 Å². The Hall–Kier alpha value is -2.23. The van der Waals surface area contributed by atoms with Gasteiger partial charge in [-0.1, -0.05) is 13.8 Å². The Balaban J connectivity index is 2.09. The van der Waals surface area contributed by atoms with Crippen molar-refractivity contribution in [2.45, 2.75) is 38.5 Å². The third-order valence-electron chi connectivity index (χ3n) is 5.35. The molecular formula is C21H30N4O4S. The zero-order valence-corrected chi connectivity index (χ0v) is 18.9. The number of piperazine rings is 1. The number of H-pyrrole nitrogens is 1. The number of hydrogen-bond acceptors (Lipinski definition) is 6. The number of nitrogens with one attached hydrogen (secondary N) is 1. The number of aromatic nitrogens is 2. The van der Waals surface area contributed by atoms with Gasteiger partial charge in [-0.25, -0.2) is 13.4 Å². The summed E-state index contributed by atoms with van der Waals surface area (Å²) in [5, 5.41) is 0. The van der Waals surface area contributed by atoms with Crippen LogP contribution in [0.15, 0.2) is 27.9 Å². The molecule has 0 bridgehead atoms. The fourth-order valence-electron chi connectivity index (χ4n) is 3.42. The van der Waals surface area contributed by atoms with Crippen molar-refractivity contribution in [3.8, 4) is 17.1 Å². The number of ether oxygens (including phenoxy) is 1. The summed E-state index contributed by atoms with van der Waals surface area (Å²) in [6, 6.07) is 4.78. The number of aromatic amines is 1. The molecule has 0 saturated carbocycles. The van der Waals surface area contributed by atoms with Gasteiger partial charge in [0.15, 0.2) is 0 Å². The maximum absolute atomic E-state index is 13.2. The molecule has 0 radical (unpaired) electrons. The Morgan fingerprint density at radius 2 is 1.87 bits per heavy atom. The molecule has 0 spiro atoms. The molecule has 1 aromatic heterocycles. The molecule has 0 aliphatic carbocycles. The maximum Gasteiger partial charge on any atom is 0.254 e. The van der Waals surface area contributed by atoms with Gasteiger partial charge in [0.1, 0.15) is 11.6 Å². The zero-order valence-electron chi connectivity index (χ0n) is 18.1. The molecule has 0 atom stereocenters. The van der Waals surface area contributed by atoms with Crippen molar-refractivity contribution < 1.29 is 13.2 Å². The van der Waals surface area contributed by atoms with Gasteiger partial charge < -0.3 is 14.6 Å². The van der Waals surface area contributed by atoms with Crippen LogP contribution in [0.1, 0.15) is 31.5 Å². The first kappa shape index (κ1) is 22.5. The van der Waals surface area contributed by atoms with Gasteiger partial charge in [0.05, 0.1) is 22.8 Å². The fraction of sp³-hybridized carbons (Fsp3) is 0.524. The van der Waals surface area contributed by atoms with E-state index in [2.05, 4.69) is 14.9 Å². The van der Waals surface area contributed by atoms with Crippen LogP contribution in [0, 0.1) is 6.92 Å². The van der Waals surface area contributed by atoms with Crippen LogP contribution in [0.4, 0.5) is 0 Å². The third kappa shape index (κ3) is 4.58. The van der Waals surface area contributed by atoms with E-state index in [1.807, 2.05) is 20.9 Å². The molecular weight excluding hydrogens is 404 g/mol. The molecule has 2 heterocycles. The smallest absolute Gasteiger partial charge is 0.254 e. The van der Waals surface area contributed by atoms with Crippen LogP contribution in [0.2, 0.25) is 0 Å². The molecule has 1 aliphatic heterocycles. The average molecular weight is 435 g/mol. The van der Waals surface area contributed by atoms with Gasteiger partial charge in [-0.15, -0.1) is 0 Å². The lowest BCUT2D eigenvalue weighted by Gasteiger charge is -2.31. The van der Waals surface area contributed by atoms with Gasteiger partial charge in [0.25, 0.3) is 5.56 Å². The van der Waals surface area contributed by atoms with Crippen LogP contribution in [0.25, 0.3) is 11.4 Å². The lowest BCUT2D eigenvalue weighted by Crippen LogP contribution is -2.47. The van der Waals surface area contributed by atoms with E-state index in [1.165, 1.54) is 4.31 Å². The number of hydrogen-bond donors (Lipinski definition) is 1. The Morgan fingerprint density at radius 3 is 2.50 bits per heavy atom. The van der Waals surface area contributed by atoms with Gasteiger partial charge in [-0.3, -0.25) is 4.79 Å². The largest absolute Gasteiger partial charge is 0.493 e. The van der Waals surface area contributed by atoms with Crippen LogP contribution in [-0.2, 0) is 16.4 Å². The lowest BCUT2D eigenvalue weighted by molar-refractivity contribution is 0.222. The fourth-order valence-corrected chi connectivity index (χ4v) is 4.87. The molecule has 8 nitrogen and oxygen atoms in total. The van der Waals surface area contributed by atoms with Crippen LogP contribution in [-0.4, -0.2) is 67.4 Å². The second-order valence-electron chi connectivity index (χ2n) is 7.55. The van der Waals surface area contributed by atoms with Crippen LogP contribution >= 0.6 is 0 Å². The lowest BCUT2D eigenvalue weighted by atomic mass is 10.1. The normalized spacial score (nSPS) is 16.0. The first-order valence-corrected chi connectivity index (χ1v) is 11.8. The number of benzene rings is 1. The number of sulfonamides is 1. The number of aryl methyl sites for hydroxylation is 1.